The molecule has 5 heteroatoms. The second-order valence-corrected chi connectivity index (χ2v) is 10.8. The number of carbonyl (C=O) groups excluding carboxylic acids is 2. The van der Waals surface area contributed by atoms with E-state index in [2.05, 4.69) is 81.8 Å². The number of aromatic nitrogens is 1. The number of benzene rings is 2. The van der Waals surface area contributed by atoms with Crippen LogP contribution < -0.4 is 0 Å². The van der Waals surface area contributed by atoms with Gasteiger partial charge in [-0.2, -0.15) is 0 Å². The van der Waals surface area contributed by atoms with Crippen molar-refractivity contribution in [2.75, 3.05) is 13.1 Å². The summed E-state index contributed by atoms with van der Waals surface area (Å²) in [5.74, 6) is 0.527. The molecule has 0 fully saturated rings. The molecule has 0 radical (unpaired) electrons. The molecule has 0 saturated carbocycles. The normalized spacial score (nSPS) is 11.9. The second-order valence-electron chi connectivity index (χ2n) is 10.8. The number of nitrogens with zero attached hydrogens (tertiary/aromatic N) is 3. The fourth-order valence-electron chi connectivity index (χ4n) is 4.62. The van der Waals surface area contributed by atoms with E-state index in [9.17, 15) is 9.59 Å². The lowest BCUT2D eigenvalue weighted by molar-refractivity contribution is -0.142. The molecule has 0 aliphatic rings. The van der Waals surface area contributed by atoms with Crippen molar-refractivity contribution in [3.63, 3.8) is 0 Å². The van der Waals surface area contributed by atoms with Crippen LogP contribution in [-0.2, 0) is 29.1 Å². The average molecular weight is 516 g/mol. The molecule has 1 aromatic heterocycles. The first kappa shape index (κ1) is 29.2. The minimum atomic E-state index is 0.0137. The van der Waals surface area contributed by atoms with Crippen molar-refractivity contribution in [1.29, 1.82) is 0 Å². The first-order valence-electron chi connectivity index (χ1n) is 14.1. The minimum absolute atomic E-state index is 0.0137. The molecule has 0 spiro atoms. The molecule has 2 amide bonds. The van der Waals surface area contributed by atoms with Gasteiger partial charge in [0.2, 0.25) is 11.8 Å². The second kappa shape index (κ2) is 14.6. The molecule has 0 saturated heterocycles. The van der Waals surface area contributed by atoms with E-state index in [1.807, 2.05) is 35.2 Å². The molecular formula is C33H45N3O2. The zero-order chi connectivity index (χ0) is 27.5. The summed E-state index contributed by atoms with van der Waals surface area (Å²) in [4.78, 5) is 30.8. The molecule has 1 atom stereocenters. The van der Waals surface area contributed by atoms with Gasteiger partial charge in [-0.05, 0) is 67.9 Å². The number of aryl methyl sites for hydroxylation is 2. The van der Waals surface area contributed by atoms with E-state index in [1.165, 1.54) is 11.1 Å². The van der Waals surface area contributed by atoms with Gasteiger partial charge in [0.05, 0.1) is 13.1 Å². The number of hydrogen-bond donors (Lipinski definition) is 0. The third kappa shape index (κ3) is 8.61. The van der Waals surface area contributed by atoms with E-state index < -0.39 is 0 Å². The van der Waals surface area contributed by atoms with Gasteiger partial charge in [-0.1, -0.05) is 75.4 Å². The zero-order valence-corrected chi connectivity index (χ0v) is 23.9. The fourth-order valence-corrected chi connectivity index (χ4v) is 4.62. The van der Waals surface area contributed by atoms with Gasteiger partial charge < -0.3 is 14.4 Å². The highest BCUT2D eigenvalue weighted by Gasteiger charge is 2.25. The topological polar surface area (TPSA) is 45.6 Å². The number of amides is 2. The molecule has 5 nitrogen and oxygen atoms in total. The van der Waals surface area contributed by atoms with Crippen LogP contribution in [0, 0.1) is 12.8 Å². The van der Waals surface area contributed by atoms with E-state index in [0.29, 0.717) is 31.8 Å². The summed E-state index contributed by atoms with van der Waals surface area (Å²) in [5.41, 5.74) is 4.78. The summed E-state index contributed by atoms with van der Waals surface area (Å²) < 4.78 is 2.23. The summed E-state index contributed by atoms with van der Waals surface area (Å²) >= 11 is 0. The zero-order valence-electron chi connectivity index (χ0n) is 23.9. The van der Waals surface area contributed by atoms with Gasteiger partial charge >= 0.3 is 0 Å². The van der Waals surface area contributed by atoms with Gasteiger partial charge in [-0.25, -0.2) is 0 Å². The third-order valence-corrected chi connectivity index (χ3v) is 7.43. The van der Waals surface area contributed by atoms with Crippen LogP contribution in [0.25, 0.3) is 0 Å². The van der Waals surface area contributed by atoms with Crippen LogP contribution in [0.3, 0.4) is 0 Å². The monoisotopic (exact) mass is 515 g/mol. The number of rotatable bonds is 14. The highest BCUT2D eigenvalue weighted by atomic mass is 16.2. The number of carbonyl (C=O) groups is 2. The lowest BCUT2D eigenvalue weighted by atomic mass is 10.1. The van der Waals surface area contributed by atoms with Crippen LogP contribution >= 0.6 is 0 Å². The third-order valence-electron chi connectivity index (χ3n) is 7.43. The Bertz CT molecular complexity index is 1150. The Balaban J connectivity index is 1.73. The molecule has 0 aliphatic heterocycles. The van der Waals surface area contributed by atoms with Gasteiger partial charge in [0.25, 0.3) is 0 Å². The summed E-state index contributed by atoms with van der Waals surface area (Å²) in [6.07, 6.45) is 4.93. The summed E-state index contributed by atoms with van der Waals surface area (Å²) in [7, 11) is 0. The smallest absolute Gasteiger partial charge is 0.242 e. The highest BCUT2D eigenvalue weighted by Crippen LogP contribution is 2.17. The largest absolute Gasteiger partial charge is 0.345 e. The van der Waals surface area contributed by atoms with Gasteiger partial charge in [-0.15, -0.1) is 0 Å². The summed E-state index contributed by atoms with van der Waals surface area (Å²) in [5, 5.41) is 0. The van der Waals surface area contributed by atoms with Gasteiger partial charge in [0.1, 0.15) is 0 Å². The van der Waals surface area contributed by atoms with Crippen molar-refractivity contribution in [3.05, 3.63) is 95.3 Å². The lowest BCUT2D eigenvalue weighted by Gasteiger charge is -2.32. The highest BCUT2D eigenvalue weighted by molar-refractivity contribution is 5.85. The molecule has 0 bridgehead atoms. The van der Waals surface area contributed by atoms with Crippen LogP contribution in [-0.4, -0.2) is 45.3 Å². The first-order valence-corrected chi connectivity index (χ1v) is 14.1. The van der Waals surface area contributed by atoms with Crippen molar-refractivity contribution in [2.45, 2.75) is 79.4 Å². The maximum Gasteiger partial charge on any atom is 0.242 e. The van der Waals surface area contributed by atoms with Gasteiger partial charge in [-0.3, -0.25) is 9.59 Å². The molecule has 3 aromatic rings. The van der Waals surface area contributed by atoms with E-state index in [1.54, 1.807) is 4.90 Å². The lowest BCUT2D eigenvalue weighted by Crippen LogP contribution is -2.46. The van der Waals surface area contributed by atoms with Crippen molar-refractivity contribution >= 4 is 11.8 Å². The maximum absolute atomic E-state index is 13.8. The van der Waals surface area contributed by atoms with Crippen LogP contribution in [0.4, 0.5) is 0 Å². The Morgan fingerprint density at radius 1 is 0.895 bits per heavy atom. The molecule has 3 rings (SSSR count). The quantitative estimate of drug-likeness (QED) is 0.247. The van der Waals surface area contributed by atoms with E-state index >= 15 is 0 Å². The maximum atomic E-state index is 13.8. The summed E-state index contributed by atoms with van der Waals surface area (Å²) in [6, 6.07) is 22.7. The van der Waals surface area contributed by atoms with Gasteiger partial charge in [0, 0.05) is 37.4 Å². The van der Waals surface area contributed by atoms with Crippen molar-refractivity contribution in [2.24, 2.45) is 5.92 Å². The molecule has 0 aliphatic carbocycles. The Morgan fingerprint density at radius 3 is 2.29 bits per heavy atom. The molecule has 1 heterocycles. The SMILES string of the molecule is CCC(C)N(Cc1cccn1Cc1ccccc1C)C(=O)CN(CCC(C)C)C(=O)CCc1ccccc1. The predicted octanol–water partition coefficient (Wildman–Crippen LogP) is 6.48. The molecular weight excluding hydrogens is 470 g/mol. The standard InChI is InChI=1S/C33H45N3O2/c1-6-28(5)36(24-31-17-12-21-34(31)23-30-16-11-10-13-27(30)4)33(38)25-35(22-20-26(2)3)32(37)19-18-29-14-8-7-9-15-29/h7-17,21,26,28H,6,18-20,22-25H2,1-5H3. The Morgan fingerprint density at radius 2 is 1.61 bits per heavy atom. The van der Waals surface area contributed by atoms with Crippen molar-refractivity contribution < 1.29 is 9.59 Å². The number of hydrogen-bond acceptors (Lipinski definition) is 2. The van der Waals surface area contributed by atoms with Crippen molar-refractivity contribution in [3.8, 4) is 0 Å². The van der Waals surface area contributed by atoms with Crippen molar-refractivity contribution in [1.82, 2.24) is 14.4 Å². The minimum Gasteiger partial charge on any atom is -0.345 e. The molecule has 38 heavy (non-hydrogen) atoms. The Kier molecular flexibility index (Phi) is 11.2. The van der Waals surface area contributed by atoms with Crippen LogP contribution in [0.15, 0.2) is 72.9 Å². The van der Waals surface area contributed by atoms with E-state index in [4.69, 9.17) is 0 Å². The molecule has 2 aromatic carbocycles. The average Bonchev–Trinajstić information content (AvgIpc) is 3.35. The molecule has 1 unspecified atom stereocenters. The predicted molar refractivity (Wildman–Crippen MR) is 156 cm³/mol. The Hall–Kier alpha value is -3.34. The van der Waals surface area contributed by atoms with Crippen LogP contribution in [0.2, 0.25) is 0 Å². The Labute approximate surface area is 229 Å². The van der Waals surface area contributed by atoms with E-state index in [0.717, 1.165) is 30.6 Å². The molecule has 0 N–H and O–H groups in total. The van der Waals surface area contributed by atoms with Crippen LogP contribution in [0.1, 0.15) is 69.3 Å². The first-order chi connectivity index (χ1) is 18.3. The van der Waals surface area contributed by atoms with Gasteiger partial charge in [0.15, 0.2) is 0 Å². The molecule has 204 valence electrons. The summed E-state index contributed by atoms with van der Waals surface area (Å²) in [6.45, 7) is 12.7. The van der Waals surface area contributed by atoms with E-state index in [-0.39, 0.29) is 24.4 Å². The fraction of sp³-hybridized carbons (Fsp3) is 0.455. The van der Waals surface area contributed by atoms with Crippen LogP contribution in [0.5, 0.6) is 0 Å².